The zero-order chi connectivity index (χ0) is 21.4. The van der Waals surface area contributed by atoms with Gasteiger partial charge >= 0.3 is 0 Å². The molecule has 31 heavy (non-hydrogen) atoms. The second-order valence-corrected chi connectivity index (χ2v) is 6.92. The first-order valence-corrected chi connectivity index (χ1v) is 9.49. The van der Waals surface area contributed by atoms with Crippen LogP contribution in [0.15, 0.2) is 42.9 Å². The molecule has 3 aromatic heterocycles. The number of hydrogen-bond donors (Lipinski definition) is 1. The SMILES string of the molecule is N#Cc1cc(-c2cnc(NCc3c(F)ccc4c3CCO4)n3cc(C#N)nc23)ccn1. The van der Waals surface area contributed by atoms with Crippen LogP contribution in [-0.4, -0.2) is 26.0 Å². The number of hydrogen-bond acceptors (Lipinski definition) is 7. The van der Waals surface area contributed by atoms with Crippen LogP contribution < -0.4 is 10.1 Å². The van der Waals surface area contributed by atoms with Gasteiger partial charge in [0.15, 0.2) is 11.3 Å². The highest BCUT2D eigenvalue weighted by Gasteiger charge is 2.20. The Hall–Kier alpha value is -4.50. The van der Waals surface area contributed by atoms with E-state index in [0.717, 1.165) is 5.56 Å². The van der Waals surface area contributed by atoms with Gasteiger partial charge in [-0.1, -0.05) is 0 Å². The van der Waals surface area contributed by atoms with Gasteiger partial charge in [-0.05, 0) is 29.8 Å². The number of pyridine rings is 1. The van der Waals surface area contributed by atoms with Crippen LogP contribution >= 0.6 is 0 Å². The molecule has 0 atom stereocenters. The largest absolute Gasteiger partial charge is 0.493 e. The second-order valence-electron chi connectivity index (χ2n) is 6.92. The molecule has 0 unspecified atom stereocenters. The van der Waals surface area contributed by atoms with E-state index < -0.39 is 0 Å². The molecule has 0 spiro atoms. The lowest BCUT2D eigenvalue weighted by Crippen LogP contribution is -2.09. The van der Waals surface area contributed by atoms with E-state index in [1.54, 1.807) is 35.0 Å². The Morgan fingerprint density at radius 1 is 1.16 bits per heavy atom. The molecule has 0 radical (unpaired) electrons. The van der Waals surface area contributed by atoms with Crippen LogP contribution in [0.1, 0.15) is 22.5 Å². The van der Waals surface area contributed by atoms with Crippen LogP contribution in [0, 0.1) is 28.5 Å². The zero-order valence-electron chi connectivity index (χ0n) is 16.1. The van der Waals surface area contributed by atoms with Gasteiger partial charge in [-0.3, -0.25) is 4.40 Å². The number of fused-ring (bicyclic) bond motifs is 2. The van der Waals surface area contributed by atoms with Crippen molar-refractivity contribution in [3.63, 3.8) is 0 Å². The van der Waals surface area contributed by atoms with E-state index in [-0.39, 0.29) is 23.7 Å². The Labute approximate surface area is 176 Å². The minimum Gasteiger partial charge on any atom is -0.493 e. The molecule has 0 saturated carbocycles. The fraction of sp³-hybridized carbons (Fsp3) is 0.136. The van der Waals surface area contributed by atoms with Crippen LogP contribution in [-0.2, 0) is 13.0 Å². The van der Waals surface area contributed by atoms with Gasteiger partial charge in [-0.25, -0.2) is 19.3 Å². The summed E-state index contributed by atoms with van der Waals surface area (Å²) in [5.74, 6) is 0.805. The number of benzene rings is 1. The summed E-state index contributed by atoms with van der Waals surface area (Å²) in [7, 11) is 0. The zero-order valence-corrected chi connectivity index (χ0v) is 16.1. The van der Waals surface area contributed by atoms with Crippen LogP contribution in [0.5, 0.6) is 5.75 Å². The Morgan fingerprint density at radius 2 is 2.03 bits per heavy atom. The van der Waals surface area contributed by atoms with Crippen molar-refractivity contribution in [1.29, 1.82) is 10.5 Å². The average Bonchev–Trinajstić information content (AvgIpc) is 3.45. The highest BCUT2D eigenvalue weighted by atomic mass is 19.1. The number of imidazole rings is 1. The molecule has 0 amide bonds. The smallest absolute Gasteiger partial charge is 0.208 e. The maximum absolute atomic E-state index is 14.5. The van der Waals surface area contributed by atoms with Gasteiger partial charge in [0.1, 0.15) is 29.4 Å². The summed E-state index contributed by atoms with van der Waals surface area (Å²) in [6.07, 6.45) is 5.36. The molecule has 4 heterocycles. The highest BCUT2D eigenvalue weighted by Crippen LogP contribution is 2.31. The molecule has 5 rings (SSSR count). The van der Waals surface area contributed by atoms with Gasteiger partial charge < -0.3 is 10.1 Å². The Bertz CT molecular complexity index is 1410. The van der Waals surface area contributed by atoms with Crippen LogP contribution in [0.4, 0.5) is 10.3 Å². The Balaban J connectivity index is 1.56. The Morgan fingerprint density at radius 3 is 2.87 bits per heavy atom. The van der Waals surface area contributed by atoms with E-state index in [2.05, 4.69) is 20.3 Å². The minimum absolute atomic E-state index is 0.202. The topological polar surface area (TPSA) is 112 Å². The lowest BCUT2D eigenvalue weighted by Gasteiger charge is -2.13. The fourth-order valence-electron chi connectivity index (χ4n) is 3.70. The third-order valence-electron chi connectivity index (χ3n) is 5.15. The maximum Gasteiger partial charge on any atom is 0.208 e. The normalized spacial score (nSPS) is 12.1. The molecule has 150 valence electrons. The molecular formula is C22H14FN7O. The fourth-order valence-corrected chi connectivity index (χ4v) is 3.70. The first kappa shape index (κ1) is 18.5. The van der Waals surface area contributed by atoms with Crippen molar-refractivity contribution < 1.29 is 9.13 Å². The molecule has 0 fully saturated rings. The first-order chi connectivity index (χ1) is 15.2. The molecule has 4 aromatic rings. The van der Waals surface area contributed by atoms with E-state index in [1.165, 1.54) is 12.3 Å². The van der Waals surface area contributed by atoms with Gasteiger partial charge in [0.2, 0.25) is 5.95 Å². The summed E-state index contributed by atoms with van der Waals surface area (Å²) in [5, 5.41) is 21.6. The van der Waals surface area contributed by atoms with E-state index in [9.17, 15) is 9.65 Å². The number of ether oxygens (including phenoxy) is 1. The number of nitrogens with one attached hydrogen (secondary N) is 1. The summed E-state index contributed by atoms with van der Waals surface area (Å²) in [4.78, 5) is 12.8. The van der Waals surface area contributed by atoms with Crippen molar-refractivity contribution >= 4 is 11.6 Å². The van der Waals surface area contributed by atoms with E-state index in [1.807, 2.05) is 12.1 Å². The first-order valence-electron chi connectivity index (χ1n) is 9.49. The van der Waals surface area contributed by atoms with Crippen LogP contribution in [0.2, 0.25) is 0 Å². The molecule has 1 aliphatic rings. The number of nitrogens with zero attached hydrogens (tertiary/aromatic N) is 6. The molecule has 8 nitrogen and oxygen atoms in total. The second kappa shape index (κ2) is 7.39. The summed E-state index contributed by atoms with van der Waals surface area (Å²) in [5.41, 5.74) is 3.70. The highest BCUT2D eigenvalue weighted by molar-refractivity contribution is 5.78. The maximum atomic E-state index is 14.5. The number of rotatable bonds is 4. The Kier molecular flexibility index (Phi) is 4.42. The van der Waals surface area contributed by atoms with Gasteiger partial charge in [0, 0.05) is 42.0 Å². The number of nitriles is 2. The van der Waals surface area contributed by atoms with Crippen molar-refractivity contribution in [2.45, 2.75) is 13.0 Å². The molecule has 9 heteroatoms. The summed E-state index contributed by atoms with van der Waals surface area (Å²) in [6, 6.07) is 10.5. The number of halogens is 1. The lowest BCUT2D eigenvalue weighted by atomic mass is 10.0. The predicted molar refractivity (Wildman–Crippen MR) is 109 cm³/mol. The number of aromatic nitrogens is 4. The van der Waals surface area contributed by atoms with Crippen LogP contribution in [0.25, 0.3) is 16.8 Å². The molecule has 0 bridgehead atoms. The minimum atomic E-state index is -0.311. The van der Waals surface area contributed by atoms with Crippen molar-refractivity contribution in [1.82, 2.24) is 19.4 Å². The van der Waals surface area contributed by atoms with E-state index >= 15 is 0 Å². The van der Waals surface area contributed by atoms with E-state index in [4.69, 9.17) is 10.00 Å². The molecule has 1 aromatic carbocycles. The monoisotopic (exact) mass is 411 g/mol. The molecule has 1 aliphatic heterocycles. The van der Waals surface area contributed by atoms with Crippen molar-refractivity contribution in [3.8, 4) is 29.0 Å². The van der Waals surface area contributed by atoms with Gasteiger partial charge in [0.25, 0.3) is 0 Å². The molecule has 0 aliphatic carbocycles. The summed E-state index contributed by atoms with van der Waals surface area (Å²) < 4.78 is 21.6. The van der Waals surface area contributed by atoms with Crippen molar-refractivity contribution in [3.05, 3.63) is 71.2 Å². The average molecular weight is 411 g/mol. The third-order valence-corrected chi connectivity index (χ3v) is 5.15. The molecule has 0 saturated heterocycles. The molecular weight excluding hydrogens is 397 g/mol. The van der Waals surface area contributed by atoms with Crippen molar-refractivity contribution in [2.75, 3.05) is 11.9 Å². The lowest BCUT2D eigenvalue weighted by molar-refractivity contribution is 0.356. The molecule has 1 N–H and O–H groups in total. The predicted octanol–water partition coefficient (Wildman–Crippen LogP) is 3.22. The summed E-state index contributed by atoms with van der Waals surface area (Å²) in [6.45, 7) is 0.736. The summed E-state index contributed by atoms with van der Waals surface area (Å²) >= 11 is 0. The quantitative estimate of drug-likeness (QED) is 0.549. The number of anilines is 1. The van der Waals surface area contributed by atoms with Gasteiger partial charge in [-0.2, -0.15) is 10.5 Å². The van der Waals surface area contributed by atoms with E-state index in [0.29, 0.717) is 47.1 Å². The van der Waals surface area contributed by atoms with Gasteiger partial charge in [0.05, 0.1) is 12.8 Å². The van der Waals surface area contributed by atoms with Crippen LogP contribution in [0.3, 0.4) is 0 Å². The van der Waals surface area contributed by atoms with Crippen molar-refractivity contribution in [2.24, 2.45) is 0 Å². The van der Waals surface area contributed by atoms with Gasteiger partial charge in [-0.15, -0.1) is 0 Å². The third kappa shape index (κ3) is 3.18. The standard InChI is InChI=1S/C22H14FN7O/c23-19-1-2-20-16(4-6-31-20)18(19)11-28-22-27-10-17(13-3-5-26-14(7-13)8-24)21-29-15(9-25)12-30(21)22/h1-3,5,7,10,12H,4,6,11H2,(H,27,28).